The normalized spacial score (nSPS) is 26.6. The number of aromatic amines is 1. The van der Waals surface area contributed by atoms with Gasteiger partial charge in [-0.2, -0.15) is 0 Å². The molecule has 162 valence electrons. The van der Waals surface area contributed by atoms with Crippen LogP contribution < -0.4 is 0 Å². The smallest absolute Gasteiger partial charge is 0.266 e. The molecule has 1 amide bonds. The number of nitrogens with one attached hydrogen (secondary N) is 1. The highest BCUT2D eigenvalue weighted by Crippen LogP contribution is 2.49. The first-order valence-corrected chi connectivity index (χ1v) is 12.5. The third kappa shape index (κ3) is 4.11. The molecule has 2 aliphatic carbocycles. The number of aliphatic hydroxyl groups is 1. The second-order valence-electron chi connectivity index (χ2n) is 8.75. The van der Waals surface area contributed by atoms with Crippen LogP contribution in [-0.2, 0) is 11.2 Å². The second kappa shape index (κ2) is 8.74. The molecule has 4 nitrogen and oxygen atoms in total. The lowest BCUT2D eigenvalue weighted by molar-refractivity contribution is -0.124. The number of carbonyl (C=O) groups is 1. The summed E-state index contributed by atoms with van der Waals surface area (Å²) in [4.78, 5) is 19.4. The minimum atomic E-state index is 0.0447. The molecule has 1 aromatic heterocycles. The van der Waals surface area contributed by atoms with Gasteiger partial charge in [-0.15, -0.1) is 0 Å². The lowest BCUT2D eigenvalue weighted by atomic mass is 9.94. The van der Waals surface area contributed by atoms with Crippen LogP contribution in [-0.4, -0.2) is 37.9 Å². The van der Waals surface area contributed by atoms with Crippen LogP contribution in [0.4, 0.5) is 0 Å². The molecule has 1 saturated heterocycles. The Balaban J connectivity index is 1.44. The summed E-state index contributed by atoms with van der Waals surface area (Å²) in [6, 6.07) is 10.1. The van der Waals surface area contributed by atoms with Crippen molar-refractivity contribution < 1.29 is 9.90 Å². The van der Waals surface area contributed by atoms with Crippen molar-refractivity contribution in [3.63, 3.8) is 0 Å². The minimum absolute atomic E-state index is 0.0447. The average molecular weight is 473 g/mol. The number of thiocarbonyl (C=S) groups is 1. The number of H-pyrrole nitrogens is 1. The molecule has 2 saturated carbocycles. The Kier molecular flexibility index (Phi) is 5.99. The number of aryl methyl sites for hydroxylation is 1. The van der Waals surface area contributed by atoms with Crippen LogP contribution in [0.2, 0.25) is 5.02 Å². The van der Waals surface area contributed by atoms with Gasteiger partial charge in [0.05, 0.1) is 4.91 Å². The number of hydrogen-bond donors (Lipinski definition) is 2. The van der Waals surface area contributed by atoms with Crippen LogP contribution in [0.25, 0.3) is 17.3 Å². The fraction of sp³-hybridized carbons (Fsp3) is 0.417. The monoisotopic (exact) mass is 472 g/mol. The molecule has 2 bridgehead atoms. The zero-order valence-corrected chi connectivity index (χ0v) is 19.5. The molecule has 0 spiro atoms. The summed E-state index contributed by atoms with van der Waals surface area (Å²) < 4.78 is 0.690. The first-order valence-electron chi connectivity index (χ1n) is 10.9. The summed E-state index contributed by atoms with van der Waals surface area (Å²) in [5.74, 6) is 1.41. The summed E-state index contributed by atoms with van der Waals surface area (Å²) in [6.07, 6.45) is 8.21. The van der Waals surface area contributed by atoms with E-state index in [1.165, 1.54) is 31.0 Å². The molecule has 1 aliphatic heterocycles. The van der Waals surface area contributed by atoms with Crippen molar-refractivity contribution >= 4 is 51.9 Å². The van der Waals surface area contributed by atoms with Gasteiger partial charge in [0, 0.05) is 29.1 Å². The average Bonchev–Trinajstić information content (AvgIpc) is 3.52. The van der Waals surface area contributed by atoms with Crippen molar-refractivity contribution in [2.75, 3.05) is 6.61 Å². The van der Waals surface area contributed by atoms with E-state index in [2.05, 4.69) is 11.1 Å². The van der Waals surface area contributed by atoms with Crippen LogP contribution in [0.15, 0.2) is 35.2 Å². The molecule has 3 unspecified atom stereocenters. The van der Waals surface area contributed by atoms with Crippen molar-refractivity contribution in [1.29, 1.82) is 0 Å². The highest BCUT2D eigenvalue weighted by atomic mass is 35.5. The molecule has 7 heteroatoms. The maximum Gasteiger partial charge on any atom is 0.266 e. The van der Waals surface area contributed by atoms with Gasteiger partial charge >= 0.3 is 0 Å². The third-order valence-electron chi connectivity index (χ3n) is 6.82. The highest BCUT2D eigenvalue weighted by molar-refractivity contribution is 8.26. The van der Waals surface area contributed by atoms with E-state index in [9.17, 15) is 9.90 Å². The molecule has 0 radical (unpaired) electrons. The molecule has 1 aromatic carbocycles. The molecular weight excluding hydrogens is 448 g/mol. The lowest BCUT2D eigenvalue weighted by Gasteiger charge is -2.30. The zero-order valence-electron chi connectivity index (χ0n) is 17.1. The van der Waals surface area contributed by atoms with Crippen LogP contribution in [0, 0.1) is 11.8 Å². The van der Waals surface area contributed by atoms with Crippen LogP contribution >= 0.6 is 35.6 Å². The van der Waals surface area contributed by atoms with Gasteiger partial charge in [-0.1, -0.05) is 54.1 Å². The molecule has 3 aliphatic rings. The highest BCUT2D eigenvalue weighted by Gasteiger charge is 2.47. The quantitative estimate of drug-likeness (QED) is 0.421. The number of aliphatic hydroxyl groups excluding tert-OH is 1. The SMILES string of the molecule is O=C1/C(=C/c2[nH]c(-c3ccc(Cl)cc3)cc2CCCO)SC(=S)N1C1CC2CCC1C2. The number of thioether (sulfide) groups is 1. The summed E-state index contributed by atoms with van der Waals surface area (Å²) in [6.45, 7) is 0.132. The molecule has 31 heavy (non-hydrogen) atoms. The largest absolute Gasteiger partial charge is 0.396 e. The Morgan fingerprint density at radius 2 is 2.06 bits per heavy atom. The predicted octanol–water partition coefficient (Wildman–Crippen LogP) is 5.65. The first-order chi connectivity index (χ1) is 15.0. The second-order valence-corrected chi connectivity index (χ2v) is 10.9. The van der Waals surface area contributed by atoms with Gasteiger partial charge < -0.3 is 10.1 Å². The number of benzene rings is 1. The van der Waals surface area contributed by atoms with E-state index in [4.69, 9.17) is 23.8 Å². The van der Waals surface area contributed by atoms with E-state index >= 15 is 0 Å². The Labute approximate surface area is 197 Å². The summed E-state index contributed by atoms with van der Waals surface area (Å²) in [5.41, 5.74) is 4.00. The Morgan fingerprint density at radius 3 is 2.74 bits per heavy atom. The molecule has 2 heterocycles. The number of halogens is 1. The first kappa shape index (κ1) is 21.3. The topological polar surface area (TPSA) is 56.3 Å². The number of fused-ring (bicyclic) bond motifs is 2. The van der Waals surface area contributed by atoms with Gasteiger partial charge in [-0.25, -0.2) is 0 Å². The van der Waals surface area contributed by atoms with Gasteiger partial charge in [-0.05, 0) is 79.3 Å². The summed E-state index contributed by atoms with van der Waals surface area (Å²) in [7, 11) is 0. The molecule has 3 atom stereocenters. The fourth-order valence-corrected chi connectivity index (χ4v) is 6.81. The molecule has 3 fully saturated rings. The van der Waals surface area contributed by atoms with Crippen LogP contribution in [0.1, 0.15) is 43.4 Å². The van der Waals surface area contributed by atoms with E-state index in [0.717, 1.165) is 41.3 Å². The maximum absolute atomic E-state index is 13.3. The lowest BCUT2D eigenvalue weighted by Crippen LogP contribution is -2.41. The number of aromatic nitrogens is 1. The van der Waals surface area contributed by atoms with Gasteiger partial charge in [0.2, 0.25) is 0 Å². The predicted molar refractivity (Wildman–Crippen MR) is 131 cm³/mol. The Bertz CT molecular complexity index is 1050. The van der Waals surface area contributed by atoms with Crippen molar-refractivity contribution in [3.8, 4) is 11.3 Å². The Morgan fingerprint density at radius 1 is 1.26 bits per heavy atom. The standard InChI is InChI=1S/C24H25ClN2O2S2/c25-18-7-5-15(6-8-18)19-12-16(2-1-9-28)20(26-19)13-22-23(29)27(24(30)31-22)21-11-14-3-4-17(21)10-14/h5-8,12-14,17,21,26,28H,1-4,9-11H2/b22-13-. The van der Waals surface area contributed by atoms with E-state index in [-0.39, 0.29) is 18.6 Å². The molecule has 2 aromatic rings. The van der Waals surface area contributed by atoms with Gasteiger partial charge in [0.1, 0.15) is 4.32 Å². The Hall–Kier alpha value is -1.60. The van der Waals surface area contributed by atoms with Crippen molar-refractivity contribution in [1.82, 2.24) is 9.88 Å². The maximum atomic E-state index is 13.3. The molecular formula is C24H25ClN2O2S2. The summed E-state index contributed by atoms with van der Waals surface area (Å²) in [5, 5.41) is 10.0. The van der Waals surface area contributed by atoms with Crippen molar-refractivity contribution in [2.45, 2.75) is 44.6 Å². The van der Waals surface area contributed by atoms with Crippen LogP contribution in [0.3, 0.4) is 0 Å². The number of nitrogens with zero attached hydrogens (tertiary/aromatic N) is 1. The van der Waals surface area contributed by atoms with Gasteiger partial charge in [0.25, 0.3) is 5.91 Å². The van der Waals surface area contributed by atoms with E-state index in [0.29, 0.717) is 26.6 Å². The van der Waals surface area contributed by atoms with Gasteiger partial charge in [0.15, 0.2) is 0 Å². The number of hydrogen-bond acceptors (Lipinski definition) is 4. The van der Waals surface area contributed by atoms with E-state index in [1.807, 2.05) is 35.2 Å². The third-order valence-corrected chi connectivity index (χ3v) is 8.41. The van der Waals surface area contributed by atoms with Gasteiger partial charge in [-0.3, -0.25) is 9.69 Å². The summed E-state index contributed by atoms with van der Waals surface area (Å²) >= 11 is 13.1. The van der Waals surface area contributed by atoms with Crippen molar-refractivity contribution in [2.24, 2.45) is 11.8 Å². The molecule has 5 rings (SSSR count). The number of carbonyl (C=O) groups excluding carboxylic acids is 1. The number of amides is 1. The zero-order chi connectivity index (χ0) is 21.5. The van der Waals surface area contributed by atoms with Crippen molar-refractivity contribution in [3.05, 3.63) is 51.5 Å². The fourth-order valence-electron chi connectivity index (χ4n) is 5.33. The van der Waals surface area contributed by atoms with E-state index < -0.39 is 0 Å². The van der Waals surface area contributed by atoms with E-state index in [1.54, 1.807) is 0 Å². The minimum Gasteiger partial charge on any atom is -0.396 e. The molecule has 2 N–H and O–H groups in total. The van der Waals surface area contributed by atoms with Crippen LogP contribution in [0.5, 0.6) is 0 Å². The number of rotatable bonds is 6.